The van der Waals surface area contributed by atoms with Crippen LogP contribution in [-0.2, 0) is 22.6 Å². The van der Waals surface area contributed by atoms with E-state index in [0.717, 1.165) is 41.2 Å². The van der Waals surface area contributed by atoms with Crippen LogP contribution in [-0.4, -0.2) is 61.5 Å². The molecule has 206 valence electrons. The molecule has 1 aromatic carbocycles. The van der Waals surface area contributed by atoms with Crippen LogP contribution in [0.4, 0.5) is 0 Å². The number of likely N-dealkylation sites (tertiary alicyclic amines) is 1. The molecular weight excluding hydrogens is 534 g/mol. The summed E-state index contributed by atoms with van der Waals surface area (Å²) in [4.78, 5) is 31.3. The van der Waals surface area contributed by atoms with Gasteiger partial charge < -0.3 is 14.4 Å². The maximum absolute atomic E-state index is 14.2. The Morgan fingerprint density at radius 2 is 1.87 bits per heavy atom. The highest BCUT2D eigenvalue weighted by Gasteiger charge is 2.31. The Kier molecular flexibility index (Phi) is 7.15. The van der Waals surface area contributed by atoms with Gasteiger partial charge in [-0.2, -0.15) is 0 Å². The maximum Gasteiger partial charge on any atom is 0.268 e. The van der Waals surface area contributed by atoms with Crippen molar-refractivity contribution in [3.63, 3.8) is 0 Å². The fourth-order valence-electron chi connectivity index (χ4n) is 5.49. The number of methoxy groups -OCH3 is 1. The van der Waals surface area contributed by atoms with Crippen molar-refractivity contribution in [1.82, 2.24) is 24.1 Å². The van der Waals surface area contributed by atoms with Gasteiger partial charge in [0.05, 0.1) is 36.1 Å². The van der Waals surface area contributed by atoms with Crippen LogP contribution >= 0.6 is 23.1 Å². The van der Waals surface area contributed by atoms with Crippen LogP contribution in [0, 0.1) is 5.92 Å². The summed E-state index contributed by atoms with van der Waals surface area (Å²) < 4.78 is 15.1. The van der Waals surface area contributed by atoms with Crippen molar-refractivity contribution in [2.45, 2.75) is 69.6 Å². The first-order valence-electron chi connectivity index (χ1n) is 13.5. The number of hydrogen-bond donors (Lipinski definition) is 0. The van der Waals surface area contributed by atoms with E-state index in [1.54, 1.807) is 23.0 Å². The highest BCUT2D eigenvalue weighted by Crippen LogP contribution is 2.38. The molecule has 2 aliphatic heterocycles. The molecule has 0 N–H and O–H groups in total. The van der Waals surface area contributed by atoms with Gasteiger partial charge in [0.25, 0.3) is 5.56 Å². The second-order valence-electron chi connectivity index (χ2n) is 10.6. The zero-order valence-electron chi connectivity index (χ0n) is 22.7. The Morgan fingerprint density at radius 1 is 1.13 bits per heavy atom. The number of ether oxygens (including phenoxy) is 2. The minimum atomic E-state index is -0.324. The molecule has 9 nitrogen and oxygen atoms in total. The highest BCUT2D eigenvalue weighted by atomic mass is 32.2. The summed E-state index contributed by atoms with van der Waals surface area (Å²) in [6.07, 6.45) is 4.01. The molecule has 1 amide bonds. The smallest absolute Gasteiger partial charge is 0.268 e. The summed E-state index contributed by atoms with van der Waals surface area (Å²) in [6, 6.07) is 7.38. The molecule has 6 rings (SSSR count). The van der Waals surface area contributed by atoms with Crippen LogP contribution in [0.3, 0.4) is 0 Å². The maximum atomic E-state index is 14.2. The van der Waals surface area contributed by atoms with E-state index in [9.17, 15) is 9.59 Å². The van der Waals surface area contributed by atoms with Gasteiger partial charge in [-0.3, -0.25) is 9.59 Å². The fourth-order valence-corrected chi connectivity index (χ4v) is 7.72. The Labute approximate surface area is 235 Å². The molecule has 3 aromatic heterocycles. The summed E-state index contributed by atoms with van der Waals surface area (Å²) in [5.74, 6) is 1.59. The number of amides is 1. The number of rotatable bonds is 6. The van der Waals surface area contributed by atoms with E-state index < -0.39 is 0 Å². The predicted molar refractivity (Wildman–Crippen MR) is 153 cm³/mol. The third-order valence-corrected chi connectivity index (χ3v) is 9.94. The SMILES string of the molecule is COc1ccc(-n2c(=O)c3c4c(sc3n3c(S[C@H](C)C(=O)N5CCCCC5)nnc23)CO[C@H](C(C)C)C4)cc1. The predicted octanol–water partition coefficient (Wildman–Crippen LogP) is 4.69. The number of nitrogens with zero attached hydrogens (tertiary/aromatic N) is 5. The molecule has 0 spiro atoms. The Hall–Kier alpha value is -2.89. The van der Waals surface area contributed by atoms with Crippen LogP contribution in [0.25, 0.3) is 21.7 Å². The Bertz CT molecular complexity index is 1580. The van der Waals surface area contributed by atoms with E-state index in [0.29, 0.717) is 46.7 Å². The van der Waals surface area contributed by atoms with Crippen molar-refractivity contribution in [1.29, 1.82) is 0 Å². The average Bonchev–Trinajstić information content (AvgIpc) is 3.54. The zero-order chi connectivity index (χ0) is 27.3. The third-order valence-electron chi connectivity index (χ3n) is 7.71. The van der Waals surface area contributed by atoms with E-state index in [1.807, 2.05) is 40.5 Å². The molecule has 5 heterocycles. The van der Waals surface area contributed by atoms with E-state index in [2.05, 4.69) is 24.0 Å². The number of thiophene rings is 1. The van der Waals surface area contributed by atoms with Crippen LogP contribution in [0.2, 0.25) is 0 Å². The van der Waals surface area contributed by atoms with Gasteiger partial charge in [-0.25, -0.2) is 8.97 Å². The van der Waals surface area contributed by atoms with Gasteiger partial charge >= 0.3 is 0 Å². The molecule has 0 unspecified atom stereocenters. The minimum Gasteiger partial charge on any atom is -0.497 e. The fraction of sp³-hybridized carbons (Fsp3) is 0.500. The second-order valence-corrected chi connectivity index (χ2v) is 13.0. The van der Waals surface area contributed by atoms with Gasteiger partial charge in [0.2, 0.25) is 11.7 Å². The first kappa shape index (κ1) is 26.3. The average molecular weight is 568 g/mol. The number of carbonyl (C=O) groups is 1. The molecule has 11 heteroatoms. The van der Waals surface area contributed by atoms with Gasteiger partial charge in [0, 0.05) is 24.4 Å². The molecule has 1 saturated heterocycles. The highest BCUT2D eigenvalue weighted by molar-refractivity contribution is 8.00. The van der Waals surface area contributed by atoms with Gasteiger partial charge in [-0.05, 0) is 61.9 Å². The molecule has 4 aromatic rings. The van der Waals surface area contributed by atoms with Crippen LogP contribution in [0.15, 0.2) is 34.2 Å². The van der Waals surface area contributed by atoms with Crippen molar-refractivity contribution < 1.29 is 14.3 Å². The summed E-state index contributed by atoms with van der Waals surface area (Å²) in [7, 11) is 1.62. The van der Waals surface area contributed by atoms with Gasteiger partial charge in [-0.1, -0.05) is 25.6 Å². The number of aromatic nitrogens is 4. The topological polar surface area (TPSA) is 91.0 Å². The quantitative estimate of drug-likeness (QED) is 0.312. The zero-order valence-corrected chi connectivity index (χ0v) is 24.3. The Morgan fingerprint density at radius 3 is 2.56 bits per heavy atom. The third kappa shape index (κ3) is 4.64. The van der Waals surface area contributed by atoms with E-state index >= 15 is 0 Å². The van der Waals surface area contributed by atoms with E-state index in [-0.39, 0.29) is 22.8 Å². The lowest BCUT2D eigenvalue weighted by Crippen LogP contribution is -2.40. The lowest BCUT2D eigenvalue weighted by Gasteiger charge is -2.28. The molecule has 2 atom stereocenters. The number of fused-ring (bicyclic) bond motifs is 5. The largest absolute Gasteiger partial charge is 0.497 e. The standard InChI is InChI=1S/C28H33N5O4S2/c1-16(2)21-14-20-22(15-37-21)39-26-23(20)25(35)32(18-8-10-19(36-4)11-9-18)27-29-30-28(33(26)27)38-17(3)24(34)31-12-6-5-7-13-31/h8-11,16-17,21H,5-7,12-15H2,1-4H3/t17-,21+/m1/s1. The molecule has 2 aliphatic rings. The number of hydrogen-bond acceptors (Lipinski definition) is 8. The first-order chi connectivity index (χ1) is 18.9. The lowest BCUT2D eigenvalue weighted by molar-refractivity contribution is -0.131. The van der Waals surface area contributed by atoms with Crippen molar-refractivity contribution in [3.05, 3.63) is 45.1 Å². The summed E-state index contributed by atoms with van der Waals surface area (Å²) in [6.45, 7) is 8.32. The molecule has 39 heavy (non-hydrogen) atoms. The van der Waals surface area contributed by atoms with Crippen molar-refractivity contribution in [2.24, 2.45) is 5.92 Å². The summed E-state index contributed by atoms with van der Waals surface area (Å²) in [5, 5.41) is 9.98. The number of piperidine rings is 1. The number of carbonyl (C=O) groups excluding carboxylic acids is 1. The number of thioether (sulfide) groups is 1. The molecular formula is C28H33N5O4S2. The van der Waals surface area contributed by atoms with Gasteiger partial charge in [0.1, 0.15) is 10.6 Å². The number of benzene rings is 1. The van der Waals surface area contributed by atoms with Crippen LogP contribution < -0.4 is 10.3 Å². The summed E-state index contributed by atoms with van der Waals surface area (Å²) >= 11 is 2.97. The monoisotopic (exact) mass is 567 g/mol. The van der Waals surface area contributed by atoms with Crippen molar-refractivity contribution in [2.75, 3.05) is 20.2 Å². The molecule has 0 saturated carbocycles. The van der Waals surface area contributed by atoms with Gasteiger partial charge in [-0.15, -0.1) is 21.5 Å². The first-order valence-corrected chi connectivity index (χ1v) is 15.2. The van der Waals surface area contributed by atoms with Gasteiger partial charge in [0.15, 0.2) is 5.16 Å². The normalized spacial score (nSPS) is 18.6. The molecule has 0 radical (unpaired) electrons. The molecule has 1 fully saturated rings. The minimum absolute atomic E-state index is 0.0526. The van der Waals surface area contributed by atoms with Crippen molar-refractivity contribution >= 4 is 45.0 Å². The van der Waals surface area contributed by atoms with Crippen molar-refractivity contribution in [3.8, 4) is 11.4 Å². The lowest BCUT2D eigenvalue weighted by atomic mass is 9.96. The Balaban J connectivity index is 1.52. The molecule has 0 bridgehead atoms. The summed E-state index contributed by atoms with van der Waals surface area (Å²) in [5.41, 5.74) is 1.61. The van der Waals surface area contributed by atoms with Crippen LogP contribution in [0.1, 0.15) is 50.5 Å². The van der Waals surface area contributed by atoms with Crippen LogP contribution in [0.5, 0.6) is 5.75 Å². The second kappa shape index (κ2) is 10.6. The van der Waals surface area contributed by atoms with E-state index in [4.69, 9.17) is 9.47 Å². The molecule has 0 aliphatic carbocycles. The van der Waals surface area contributed by atoms with E-state index in [1.165, 1.54) is 18.2 Å².